The van der Waals surface area contributed by atoms with E-state index in [0.717, 1.165) is 3.57 Å². The van der Waals surface area contributed by atoms with Crippen molar-refractivity contribution in [3.05, 3.63) is 27.3 Å². The lowest BCUT2D eigenvalue weighted by Crippen LogP contribution is -2.07. The van der Waals surface area contributed by atoms with Crippen LogP contribution in [0, 0.1) is 3.57 Å². The molecule has 76 valence electrons. The van der Waals surface area contributed by atoms with Crippen LogP contribution in [0.2, 0.25) is 0 Å². The SMILES string of the molecule is CCOC(=O)c1cccc(OC)c1I. The quantitative estimate of drug-likeness (QED) is 0.636. The van der Waals surface area contributed by atoms with E-state index in [-0.39, 0.29) is 5.97 Å². The molecule has 0 aromatic heterocycles. The third kappa shape index (κ3) is 2.37. The number of hydrogen-bond acceptors (Lipinski definition) is 3. The summed E-state index contributed by atoms with van der Waals surface area (Å²) in [6.07, 6.45) is 0. The zero-order chi connectivity index (χ0) is 10.6. The summed E-state index contributed by atoms with van der Waals surface area (Å²) in [7, 11) is 1.58. The van der Waals surface area contributed by atoms with E-state index in [4.69, 9.17) is 9.47 Å². The van der Waals surface area contributed by atoms with Crippen molar-refractivity contribution < 1.29 is 14.3 Å². The van der Waals surface area contributed by atoms with Crippen molar-refractivity contribution in [1.29, 1.82) is 0 Å². The van der Waals surface area contributed by atoms with E-state index >= 15 is 0 Å². The Morgan fingerprint density at radius 3 is 2.79 bits per heavy atom. The largest absolute Gasteiger partial charge is 0.496 e. The summed E-state index contributed by atoms with van der Waals surface area (Å²) in [5.41, 5.74) is 0.548. The first kappa shape index (κ1) is 11.3. The number of ether oxygens (including phenoxy) is 2. The molecule has 1 rings (SSSR count). The molecule has 0 aliphatic carbocycles. The van der Waals surface area contributed by atoms with Crippen molar-refractivity contribution in [2.75, 3.05) is 13.7 Å². The molecule has 0 aliphatic rings. The van der Waals surface area contributed by atoms with Gasteiger partial charge >= 0.3 is 5.97 Å². The number of carbonyl (C=O) groups is 1. The zero-order valence-electron chi connectivity index (χ0n) is 8.04. The minimum absolute atomic E-state index is 0.309. The maximum absolute atomic E-state index is 11.5. The summed E-state index contributed by atoms with van der Waals surface area (Å²) in [4.78, 5) is 11.5. The molecule has 4 heteroatoms. The topological polar surface area (TPSA) is 35.5 Å². The number of benzene rings is 1. The second-order valence-corrected chi connectivity index (χ2v) is 3.62. The maximum atomic E-state index is 11.5. The summed E-state index contributed by atoms with van der Waals surface area (Å²) >= 11 is 2.07. The molecule has 0 fully saturated rings. The van der Waals surface area contributed by atoms with Crippen LogP contribution in [0.1, 0.15) is 17.3 Å². The smallest absolute Gasteiger partial charge is 0.339 e. The second-order valence-electron chi connectivity index (χ2n) is 2.54. The minimum Gasteiger partial charge on any atom is -0.496 e. The van der Waals surface area contributed by atoms with Gasteiger partial charge in [0.1, 0.15) is 5.75 Å². The molecule has 0 saturated heterocycles. The molecule has 0 N–H and O–H groups in total. The van der Waals surface area contributed by atoms with Gasteiger partial charge in [0.25, 0.3) is 0 Å². The van der Waals surface area contributed by atoms with Crippen molar-refractivity contribution in [2.24, 2.45) is 0 Å². The summed E-state index contributed by atoms with van der Waals surface area (Å²) in [5.74, 6) is 0.381. The molecule has 14 heavy (non-hydrogen) atoms. The number of rotatable bonds is 3. The molecule has 1 aromatic carbocycles. The first-order valence-electron chi connectivity index (χ1n) is 4.20. The molecule has 0 amide bonds. The highest BCUT2D eigenvalue weighted by molar-refractivity contribution is 14.1. The van der Waals surface area contributed by atoms with Crippen LogP contribution in [0.3, 0.4) is 0 Å². The van der Waals surface area contributed by atoms with E-state index in [9.17, 15) is 4.79 Å². The average Bonchev–Trinajstić information content (AvgIpc) is 2.18. The predicted octanol–water partition coefficient (Wildman–Crippen LogP) is 2.48. The van der Waals surface area contributed by atoms with E-state index in [0.29, 0.717) is 17.9 Å². The standard InChI is InChI=1S/C10H11IO3/c1-3-14-10(12)7-5-4-6-8(13-2)9(7)11/h4-6H,3H2,1-2H3. The lowest BCUT2D eigenvalue weighted by molar-refractivity contribution is 0.0524. The summed E-state index contributed by atoms with van der Waals surface area (Å²) in [5, 5.41) is 0. The Labute approximate surface area is 96.5 Å². The van der Waals surface area contributed by atoms with Gasteiger partial charge in [-0.2, -0.15) is 0 Å². The Morgan fingerprint density at radius 1 is 1.50 bits per heavy atom. The Hall–Kier alpha value is -0.780. The molecule has 0 spiro atoms. The summed E-state index contributed by atoms with van der Waals surface area (Å²) in [6, 6.07) is 5.31. The number of esters is 1. The van der Waals surface area contributed by atoms with Gasteiger partial charge in [0.05, 0.1) is 22.9 Å². The molecule has 0 radical (unpaired) electrons. The van der Waals surface area contributed by atoms with Crippen LogP contribution in [0.25, 0.3) is 0 Å². The number of carbonyl (C=O) groups excluding carboxylic acids is 1. The first-order valence-corrected chi connectivity index (χ1v) is 5.28. The Bertz CT molecular complexity index is 336. The second kappa shape index (κ2) is 5.19. The van der Waals surface area contributed by atoms with Crippen molar-refractivity contribution in [3.63, 3.8) is 0 Å². The van der Waals surface area contributed by atoms with Gasteiger partial charge in [-0.25, -0.2) is 4.79 Å². The third-order valence-corrected chi connectivity index (χ3v) is 2.79. The highest BCUT2D eigenvalue weighted by Gasteiger charge is 2.13. The Kier molecular flexibility index (Phi) is 4.19. The van der Waals surface area contributed by atoms with Crippen molar-refractivity contribution in [2.45, 2.75) is 6.92 Å². The summed E-state index contributed by atoms with van der Waals surface area (Å²) < 4.78 is 10.8. The molecular weight excluding hydrogens is 295 g/mol. The molecule has 0 atom stereocenters. The fraction of sp³-hybridized carbons (Fsp3) is 0.300. The number of methoxy groups -OCH3 is 1. The lowest BCUT2D eigenvalue weighted by Gasteiger charge is -2.07. The third-order valence-electron chi connectivity index (χ3n) is 1.68. The Balaban J connectivity index is 3.03. The van der Waals surface area contributed by atoms with Crippen molar-refractivity contribution in [3.8, 4) is 5.75 Å². The molecule has 0 aliphatic heterocycles. The average molecular weight is 306 g/mol. The van der Waals surface area contributed by atoms with Gasteiger partial charge in [0, 0.05) is 0 Å². The number of halogens is 1. The van der Waals surface area contributed by atoms with Crippen molar-refractivity contribution in [1.82, 2.24) is 0 Å². The van der Waals surface area contributed by atoms with E-state index in [1.165, 1.54) is 0 Å². The molecule has 0 heterocycles. The number of hydrogen-bond donors (Lipinski definition) is 0. The van der Waals surface area contributed by atoms with Gasteiger partial charge in [-0.1, -0.05) is 6.07 Å². The maximum Gasteiger partial charge on any atom is 0.339 e. The van der Waals surface area contributed by atoms with E-state index in [1.807, 2.05) is 6.07 Å². The minimum atomic E-state index is -0.309. The monoisotopic (exact) mass is 306 g/mol. The fourth-order valence-corrected chi connectivity index (χ4v) is 1.83. The van der Waals surface area contributed by atoms with Gasteiger partial charge in [0.2, 0.25) is 0 Å². The van der Waals surface area contributed by atoms with E-state index < -0.39 is 0 Å². The fourth-order valence-electron chi connectivity index (χ4n) is 1.03. The lowest BCUT2D eigenvalue weighted by atomic mass is 10.2. The molecule has 0 bridgehead atoms. The van der Waals surface area contributed by atoms with Crippen LogP contribution in [0.15, 0.2) is 18.2 Å². The van der Waals surface area contributed by atoms with Gasteiger partial charge in [-0.3, -0.25) is 0 Å². The Morgan fingerprint density at radius 2 is 2.21 bits per heavy atom. The van der Waals surface area contributed by atoms with Gasteiger partial charge in [0.15, 0.2) is 0 Å². The van der Waals surface area contributed by atoms with Crippen LogP contribution in [-0.2, 0) is 4.74 Å². The normalized spacial score (nSPS) is 9.64. The highest BCUT2D eigenvalue weighted by atomic mass is 127. The molecule has 1 aromatic rings. The highest BCUT2D eigenvalue weighted by Crippen LogP contribution is 2.24. The molecule has 3 nitrogen and oxygen atoms in total. The molecule has 0 saturated carbocycles. The van der Waals surface area contributed by atoms with Gasteiger partial charge < -0.3 is 9.47 Å². The van der Waals surface area contributed by atoms with Crippen LogP contribution in [-0.4, -0.2) is 19.7 Å². The van der Waals surface area contributed by atoms with E-state index in [1.54, 1.807) is 26.2 Å². The van der Waals surface area contributed by atoms with Crippen LogP contribution in [0.4, 0.5) is 0 Å². The van der Waals surface area contributed by atoms with Crippen LogP contribution in [0.5, 0.6) is 5.75 Å². The van der Waals surface area contributed by atoms with Gasteiger partial charge in [-0.05, 0) is 41.6 Å². The first-order chi connectivity index (χ1) is 6.70. The molecule has 0 unspecified atom stereocenters. The van der Waals surface area contributed by atoms with Crippen molar-refractivity contribution >= 4 is 28.6 Å². The van der Waals surface area contributed by atoms with Crippen LogP contribution >= 0.6 is 22.6 Å². The van der Waals surface area contributed by atoms with Gasteiger partial charge in [-0.15, -0.1) is 0 Å². The van der Waals surface area contributed by atoms with E-state index in [2.05, 4.69) is 22.6 Å². The predicted molar refractivity (Wildman–Crippen MR) is 61.7 cm³/mol. The summed E-state index contributed by atoms with van der Waals surface area (Å²) in [6.45, 7) is 2.16. The zero-order valence-corrected chi connectivity index (χ0v) is 10.2. The molecular formula is C10H11IO3. The van der Waals surface area contributed by atoms with Crippen LogP contribution < -0.4 is 4.74 Å².